The Morgan fingerprint density at radius 2 is 2.00 bits per heavy atom. The molecule has 0 aromatic heterocycles. The maximum absolute atomic E-state index is 3.11. The number of piperidine rings is 1. The second-order valence-electron chi connectivity index (χ2n) is 3.39. The normalized spacial score (nSPS) is 20.9. The van der Waals surface area contributed by atoms with Crippen LogP contribution in [0.15, 0.2) is 0 Å². The highest BCUT2D eigenvalue weighted by atomic mass is 15.1. The molecule has 62 valence electrons. The van der Waals surface area contributed by atoms with Crippen molar-refractivity contribution in [3.8, 4) is 11.8 Å². The van der Waals surface area contributed by atoms with E-state index in [1.165, 1.54) is 25.9 Å². The average molecular weight is 151 g/mol. The van der Waals surface area contributed by atoms with Gasteiger partial charge in [-0.15, -0.1) is 5.92 Å². The van der Waals surface area contributed by atoms with Crippen LogP contribution in [0.2, 0.25) is 0 Å². The fourth-order valence-corrected chi connectivity index (χ4v) is 1.41. The van der Waals surface area contributed by atoms with E-state index >= 15 is 0 Å². The molecule has 0 radical (unpaired) electrons. The van der Waals surface area contributed by atoms with Crippen molar-refractivity contribution in [2.45, 2.75) is 26.7 Å². The molecule has 1 rings (SSSR count). The highest BCUT2D eigenvalue weighted by molar-refractivity contribution is 4.98. The zero-order valence-electron chi connectivity index (χ0n) is 7.56. The Morgan fingerprint density at radius 1 is 1.36 bits per heavy atom. The second kappa shape index (κ2) is 4.41. The Morgan fingerprint density at radius 3 is 2.55 bits per heavy atom. The van der Waals surface area contributed by atoms with E-state index < -0.39 is 0 Å². The summed E-state index contributed by atoms with van der Waals surface area (Å²) in [4.78, 5) is 2.44. The van der Waals surface area contributed by atoms with Crippen LogP contribution in [0.5, 0.6) is 0 Å². The van der Waals surface area contributed by atoms with Gasteiger partial charge in [0.15, 0.2) is 0 Å². The molecule has 0 amide bonds. The smallest absolute Gasteiger partial charge is 0.0601 e. The summed E-state index contributed by atoms with van der Waals surface area (Å²) in [6, 6.07) is 0. The number of hydrogen-bond acceptors (Lipinski definition) is 1. The zero-order chi connectivity index (χ0) is 8.10. The molecular formula is C10H17N. The molecule has 0 unspecified atom stereocenters. The van der Waals surface area contributed by atoms with Gasteiger partial charge in [0, 0.05) is 0 Å². The topological polar surface area (TPSA) is 3.24 Å². The predicted molar refractivity (Wildman–Crippen MR) is 48.3 cm³/mol. The largest absolute Gasteiger partial charge is 0.292 e. The average Bonchev–Trinajstić information content (AvgIpc) is 2.04. The lowest BCUT2D eigenvalue weighted by atomic mass is 9.99. The van der Waals surface area contributed by atoms with Crippen LogP contribution in [-0.2, 0) is 0 Å². The highest BCUT2D eigenvalue weighted by Crippen LogP contribution is 2.14. The van der Waals surface area contributed by atoms with Gasteiger partial charge in [0.25, 0.3) is 0 Å². The lowest BCUT2D eigenvalue weighted by Gasteiger charge is -2.28. The van der Waals surface area contributed by atoms with E-state index in [0.29, 0.717) is 0 Å². The molecule has 1 heteroatoms. The molecule has 1 heterocycles. The lowest BCUT2D eigenvalue weighted by molar-refractivity contribution is 0.213. The van der Waals surface area contributed by atoms with Crippen molar-refractivity contribution in [1.82, 2.24) is 4.90 Å². The first-order chi connectivity index (χ1) is 5.33. The van der Waals surface area contributed by atoms with Crippen molar-refractivity contribution < 1.29 is 0 Å². The van der Waals surface area contributed by atoms with Gasteiger partial charge in [-0.1, -0.05) is 12.8 Å². The predicted octanol–water partition coefficient (Wildman–Crippen LogP) is 1.74. The summed E-state index contributed by atoms with van der Waals surface area (Å²) in [6.45, 7) is 7.71. The van der Waals surface area contributed by atoms with Gasteiger partial charge in [-0.25, -0.2) is 0 Å². The van der Waals surface area contributed by atoms with Crippen LogP contribution in [0.4, 0.5) is 0 Å². The van der Waals surface area contributed by atoms with Crippen molar-refractivity contribution in [1.29, 1.82) is 0 Å². The minimum absolute atomic E-state index is 0.931. The van der Waals surface area contributed by atoms with E-state index in [2.05, 4.69) is 23.7 Å². The minimum atomic E-state index is 0.931. The molecule has 0 aliphatic carbocycles. The number of hydrogen-bond donors (Lipinski definition) is 0. The first-order valence-corrected chi connectivity index (χ1v) is 4.45. The van der Waals surface area contributed by atoms with E-state index in [9.17, 15) is 0 Å². The van der Waals surface area contributed by atoms with Crippen molar-refractivity contribution >= 4 is 0 Å². The molecule has 0 bridgehead atoms. The summed E-state index contributed by atoms with van der Waals surface area (Å²) >= 11 is 0. The van der Waals surface area contributed by atoms with E-state index in [1.54, 1.807) is 0 Å². The van der Waals surface area contributed by atoms with Crippen LogP contribution in [0.1, 0.15) is 26.7 Å². The van der Waals surface area contributed by atoms with Crippen molar-refractivity contribution in [2.24, 2.45) is 5.92 Å². The van der Waals surface area contributed by atoms with Gasteiger partial charge in [-0.2, -0.15) is 0 Å². The standard InChI is InChI=1S/C10H17N/c1-3-4-7-11-8-5-10(2)6-9-11/h10H,5-9H2,1-2H3. The Kier molecular flexibility index (Phi) is 3.45. The molecule has 0 N–H and O–H groups in total. The lowest BCUT2D eigenvalue weighted by Crippen LogP contribution is -2.33. The van der Waals surface area contributed by atoms with Gasteiger partial charge >= 0.3 is 0 Å². The molecule has 1 fully saturated rings. The van der Waals surface area contributed by atoms with E-state index in [0.717, 1.165) is 12.5 Å². The van der Waals surface area contributed by atoms with E-state index in [1.807, 2.05) is 6.92 Å². The van der Waals surface area contributed by atoms with Crippen LogP contribution in [0.25, 0.3) is 0 Å². The summed E-state index contributed by atoms with van der Waals surface area (Å²) in [7, 11) is 0. The van der Waals surface area contributed by atoms with E-state index in [4.69, 9.17) is 0 Å². The maximum atomic E-state index is 3.11. The van der Waals surface area contributed by atoms with Gasteiger partial charge in [-0.05, 0) is 38.8 Å². The molecule has 0 spiro atoms. The molecule has 0 aromatic rings. The van der Waals surface area contributed by atoms with Gasteiger partial charge in [0.05, 0.1) is 6.54 Å². The number of rotatable bonds is 1. The minimum Gasteiger partial charge on any atom is -0.292 e. The summed E-state index contributed by atoms with van der Waals surface area (Å²) in [6.07, 6.45) is 2.71. The van der Waals surface area contributed by atoms with Crippen LogP contribution < -0.4 is 0 Å². The molecule has 1 saturated heterocycles. The Balaban J connectivity index is 2.20. The van der Waals surface area contributed by atoms with Gasteiger partial charge in [0.2, 0.25) is 0 Å². The molecule has 1 nitrogen and oxygen atoms in total. The molecule has 1 aliphatic heterocycles. The van der Waals surface area contributed by atoms with Gasteiger partial charge < -0.3 is 0 Å². The van der Waals surface area contributed by atoms with Crippen molar-refractivity contribution in [3.05, 3.63) is 0 Å². The zero-order valence-corrected chi connectivity index (χ0v) is 7.56. The molecular weight excluding hydrogens is 134 g/mol. The van der Waals surface area contributed by atoms with Crippen LogP contribution in [0.3, 0.4) is 0 Å². The molecule has 1 aliphatic rings. The fourth-order valence-electron chi connectivity index (χ4n) is 1.41. The van der Waals surface area contributed by atoms with Gasteiger partial charge in [0.1, 0.15) is 0 Å². The summed E-state index contributed by atoms with van der Waals surface area (Å²) < 4.78 is 0. The number of nitrogens with zero attached hydrogens (tertiary/aromatic N) is 1. The van der Waals surface area contributed by atoms with Crippen molar-refractivity contribution in [3.63, 3.8) is 0 Å². The SMILES string of the molecule is CC#CCN1CCC(C)CC1. The number of likely N-dealkylation sites (tertiary alicyclic amines) is 1. The highest BCUT2D eigenvalue weighted by Gasteiger charge is 2.13. The van der Waals surface area contributed by atoms with Crippen LogP contribution in [-0.4, -0.2) is 24.5 Å². The first-order valence-electron chi connectivity index (χ1n) is 4.45. The first kappa shape index (κ1) is 8.62. The summed E-state index contributed by atoms with van der Waals surface area (Å²) in [5.41, 5.74) is 0. The maximum Gasteiger partial charge on any atom is 0.0601 e. The monoisotopic (exact) mass is 151 g/mol. The third-order valence-corrected chi connectivity index (χ3v) is 2.36. The van der Waals surface area contributed by atoms with Crippen LogP contribution in [0, 0.1) is 17.8 Å². The Hall–Kier alpha value is -0.480. The molecule has 0 atom stereocenters. The fraction of sp³-hybridized carbons (Fsp3) is 0.800. The van der Waals surface area contributed by atoms with Gasteiger partial charge in [-0.3, -0.25) is 4.90 Å². The third kappa shape index (κ3) is 2.95. The van der Waals surface area contributed by atoms with Crippen molar-refractivity contribution in [2.75, 3.05) is 19.6 Å². The Labute approximate surface area is 69.8 Å². The quantitative estimate of drug-likeness (QED) is 0.516. The molecule has 0 saturated carbocycles. The van der Waals surface area contributed by atoms with Crippen LogP contribution >= 0.6 is 0 Å². The summed E-state index contributed by atoms with van der Waals surface area (Å²) in [5, 5.41) is 0. The molecule has 0 aromatic carbocycles. The third-order valence-electron chi connectivity index (χ3n) is 2.36. The van der Waals surface area contributed by atoms with E-state index in [-0.39, 0.29) is 0 Å². The Bertz CT molecular complexity index is 155. The summed E-state index contributed by atoms with van der Waals surface area (Å²) in [5.74, 6) is 6.97. The second-order valence-corrected chi connectivity index (χ2v) is 3.39. The molecule has 11 heavy (non-hydrogen) atoms.